The molecule has 2 aromatic carbocycles. The van der Waals surface area contributed by atoms with Gasteiger partial charge in [0.15, 0.2) is 0 Å². The van der Waals surface area contributed by atoms with Gasteiger partial charge in [-0.2, -0.15) is 5.10 Å². The van der Waals surface area contributed by atoms with E-state index < -0.39 is 0 Å². The van der Waals surface area contributed by atoms with Crippen molar-refractivity contribution in [3.63, 3.8) is 0 Å². The fraction of sp³-hybridized carbons (Fsp3) is 0.100. The van der Waals surface area contributed by atoms with Crippen LogP contribution < -0.4 is 5.56 Å². The van der Waals surface area contributed by atoms with Crippen LogP contribution in [0.2, 0.25) is 0 Å². The Balaban J connectivity index is 2.05. The van der Waals surface area contributed by atoms with Crippen LogP contribution in [0.3, 0.4) is 0 Å². The normalized spacial score (nSPS) is 11.1. The van der Waals surface area contributed by atoms with Crippen molar-refractivity contribution >= 4 is 11.0 Å². The summed E-state index contributed by atoms with van der Waals surface area (Å²) in [5.74, 6) is 0. The predicted octanol–water partition coefficient (Wildman–Crippen LogP) is 4.00. The topological polar surface area (TPSA) is 50.7 Å². The van der Waals surface area contributed by atoms with Crippen molar-refractivity contribution in [2.45, 2.75) is 13.8 Å². The van der Waals surface area contributed by atoms with Gasteiger partial charge >= 0.3 is 0 Å². The number of H-pyrrole nitrogens is 1. The lowest BCUT2D eigenvalue weighted by molar-refractivity contribution is 0.875. The monoisotopic (exact) mass is 315 g/mol. The summed E-state index contributed by atoms with van der Waals surface area (Å²) >= 11 is 0. The number of benzene rings is 2. The summed E-state index contributed by atoms with van der Waals surface area (Å²) in [6.07, 6.45) is 0. The van der Waals surface area contributed by atoms with Gasteiger partial charge in [0.25, 0.3) is 0 Å². The van der Waals surface area contributed by atoms with Gasteiger partial charge < -0.3 is 4.98 Å². The number of rotatable bonds is 2. The predicted molar refractivity (Wildman–Crippen MR) is 96.6 cm³/mol. The fourth-order valence-electron chi connectivity index (χ4n) is 3.04. The molecule has 2 heterocycles. The lowest BCUT2D eigenvalue weighted by Crippen LogP contribution is -2.07. The Labute approximate surface area is 139 Å². The van der Waals surface area contributed by atoms with Crippen molar-refractivity contribution in [3.8, 4) is 16.8 Å². The number of nitrogens with one attached hydrogen (secondary N) is 1. The summed E-state index contributed by atoms with van der Waals surface area (Å²) in [7, 11) is 0. The van der Waals surface area contributed by atoms with Gasteiger partial charge in [0.05, 0.1) is 11.4 Å². The van der Waals surface area contributed by atoms with E-state index in [0.717, 1.165) is 33.5 Å². The number of hydrogen-bond donors (Lipinski definition) is 1. The van der Waals surface area contributed by atoms with Crippen molar-refractivity contribution < 1.29 is 0 Å². The van der Waals surface area contributed by atoms with Crippen molar-refractivity contribution in [1.29, 1.82) is 0 Å². The van der Waals surface area contributed by atoms with Crippen LogP contribution in [0.4, 0.5) is 0 Å². The number of aromatic amines is 1. The second-order valence-electron chi connectivity index (χ2n) is 5.97. The van der Waals surface area contributed by atoms with Crippen LogP contribution in [0.25, 0.3) is 27.8 Å². The van der Waals surface area contributed by atoms with Gasteiger partial charge in [0, 0.05) is 11.5 Å². The van der Waals surface area contributed by atoms with Crippen LogP contribution in [-0.4, -0.2) is 14.8 Å². The maximum absolute atomic E-state index is 12.2. The first-order valence-electron chi connectivity index (χ1n) is 7.88. The highest BCUT2D eigenvalue weighted by molar-refractivity contribution is 5.95. The molecular weight excluding hydrogens is 298 g/mol. The molecule has 0 amide bonds. The van der Waals surface area contributed by atoms with Gasteiger partial charge in [-0.05, 0) is 37.1 Å². The quantitative estimate of drug-likeness (QED) is 0.608. The van der Waals surface area contributed by atoms with Gasteiger partial charge in [0.1, 0.15) is 5.65 Å². The van der Waals surface area contributed by atoms with Crippen LogP contribution in [0.5, 0.6) is 0 Å². The standard InChI is InChI=1S/C20H17N3O/c1-13-8-10-16(11-9-13)23-20-19(14(2)22-23)17(12-18(24)21-20)15-6-4-3-5-7-15/h3-12H,1-2H3,(H,21,24). The van der Waals surface area contributed by atoms with Crippen LogP contribution >= 0.6 is 0 Å². The maximum atomic E-state index is 12.2. The lowest BCUT2D eigenvalue weighted by Gasteiger charge is -2.06. The van der Waals surface area contributed by atoms with E-state index in [1.54, 1.807) is 10.7 Å². The second kappa shape index (κ2) is 5.49. The maximum Gasteiger partial charge on any atom is 0.250 e. The number of nitrogens with zero attached hydrogens (tertiary/aromatic N) is 2. The third kappa shape index (κ3) is 2.33. The zero-order valence-corrected chi connectivity index (χ0v) is 13.6. The summed E-state index contributed by atoms with van der Waals surface area (Å²) in [5.41, 5.74) is 5.52. The Morgan fingerprint density at radius 3 is 2.38 bits per heavy atom. The van der Waals surface area contributed by atoms with Gasteiger partial charge in [-0.15, -0.1) is 0 Å². The van der Waals surface area contributed by atoms with E-state index in [4.69, 9.17) is 0 Å². The molecule has 0 fully saturated rings. The summed E-state index contributed by atoms with van der Waals surface area (Å²) in [5, 5.41) is 5.64. The summed E-state index contributed by atoms with van der Waals surface area (Å²) in [6, 6.07) is 19.7. The van der Waals surface area contributed by atoms with E-state index in [1.165, 1.54) is 5.56 Å². The highest BCUT2D eigenvalue weighted by atomic mass is 16.1. The Morgan fingerprint density at radius 2 is 1.67 bits per heavy atom. The Bertz CT molecular complexity index is 1070. The van der Waals surface area contributed by atoms with Crippen LogP contribution in [0.15, 0.2) is 65.5 Å². The van der Waals surface area contributed by atoms with E-state index in [0.29, 0.717) is 0 Å². The number of aryl methyl sites for hydroxylation is 2. The first-order chi connectivity index (χ1) is 11.6. The van der Waals surface area contributed by atoms with Crippen LogP contribution in [0.1, 0.15) is 11.3 Å². The number of hydrogen-bond acceptors (Lipinski definition) is 2. The smallest absolute Gasteiger partial charge is 0.250 e. The van der Waals surface area contributed by atoms with E-state index in [-0.39, 0.29) is 5.56 Å². The third-order valence-electron chi connectivity index (χ3n) is 4.21. The molecule has 24 heavy (non-hydrogen) atoms. The molecule has 0 aliphatic carbocycles. The molecule has 4 aromatic rings. The van der Waals surface area contributed by atoms with Gasteiger partial charge in [-0.3, -0.25) is 4.79 Å². The SMILES string of the molecule is Cc1ccc(-n2nc(C)c3c(-c4ccccc4)cc(=O)[nH]c32)cc1. The van der Waals surface area contributed by atoms with Gasteiger partial charge in [-0.25, -0.2) is 4.68 Å². The first kappa shape index (κ1) is 14.5. The van der Waals surface area contributed by atoms with Crippen molar-refractivity contribution in [2.24, 2.45) is 0 Å². The number of fused-ring (bicyclic) bond motifs is 1. The average molecular weight is 315 g/mol. The zero-order chi connectivity index (χ0) is 16.7. The minimum Gasteiger partial charge on any atom is -0.306 e. The minimum atomic E-state index is -0.130. The molecule has 118 valence electrons. The molecule has 0 aliphatic rings. The lowest BCUT2D eigenvalue weighted by atomic mass is 10.0. The molecule has 0 spiro atoms. The molecule has 0 bridgehead atoms. The molecule has 0 saturated heterocycles. The first-order valence-corrected chi connectivity index (χ1v) is 7.88. The molecule has 0 aliphatic heterocycles. The van der Waals surface area contributed by atoms with Crippen molar-refractivity contribution in [3.05, 3.63) is 82.3 Å². The molecule has 4 rings (SSSR count). The van der Waals surface area contributed by atoms with E-state index in [2.05, 4.69) is 10.1 Å². The van der Waals surface area contributed by atoms with Crippen molar-refractivity contribution in [1.82, 2.24) is 14.8 Å². The molecular formula is C20H17N3O. The highest BCUT2D eigenvalue weighted by Gasteiger charge is 2.15. The highest BCUT2D eigenvalue weighted by Crippen LogP contribution is 2.29. The fourth-order valence-corrected chi connectivity index (χ4v) is 3.04. The summed E-state index contributed by atoms with van der Waals surface area (Å²) in [4.78, 5) is 15.2. The molecule has 0 saturated carbocycles. The second-order valence-corrected chi connectivity index (χ2v) is 5.97. The molecule has 0 radical (unpaired) electrons. The van der Waals surface area contributed by atoms with E-state index in [9.17, 15) is 4.79 Å². The average Bonchev–Trinajstić information content (AvgIpc) is 2.92. The van der Waals surface area contributed by atoms with E-state index in [1.807, 2.05) is 68.4 Å². The summed E-state index contributed by atoms with van der Waals surface area (Å²) in [6.45, 7) is 4.02. The Hall–Kier alpha value is -3.14. The molecule has 2 aromatic heterocycles. The van der Waals surface area contributed by atoms with Gasteiger partial charge in [0.2, 0.25) is 5.56 Å². The van der Waals surface area contributed by atoms with Gasteiger partial charge in [-0.1, -0.05) is 48.0 Å². The number of pyridine rings is 1. The molecule has 1 N–H and O–H groups in total. The summed E-state index contributed by atoms with van der Waals surface area (Å²) < 4.78 is 1.80. The molecule has 0 atom stereocenters. The molecule has 4 nitrogen and oxygen atoms in total. The van der Waals surface area contributed by atoms with Crippen LogP contribution in [0, 0.1) is 13.8 Å². The van der Waals surface area contributed by atoms with E-state index >= 15 is 0 Å². The molecule has 0 unspecified atom stereocenters. The minimum absolute atomic E-state index is 0.130. The third-order valence-corrected chi connectivity index (χ3v) is 4.21. The van der Waals surface area contributed by atoms with Crippen LogP contribution in [-0.2, 0) is 0 Å². The molecule has 4 heteroatoms. The number of aromatic nitrogens is 3. The largest absolute Gasteiger partial charge is 0.306 e. The Kier molecular flexibility index (Phi) is 3.31. The Morgan fingerprint density at radius 1 is 0.958 bits per heavy atom. The van der Waals surface area contributed by atoms with Crippen molar-refractivity contribution in [2.75, 3.05) is 0 Å². The zero-order valence-electron chi connectivity index (χ0n) is 13.6.